The average Bonchev–Trinajstić information content (AvgIpc) is 3.40. The van der Waals surface area contributed by atoms with Gasteiger partial charge in [-0.15, -0.1) is 0 Å². The summed E-state index contributed by atoms with van der Waals surface area (Å²) in [6.45, 7) is 1.67. The van der Waals surface area contributed by atoms with Crippen LogP contribution in [0.2, 0.25) is 0 Å². The third-order valence-corrected chi connectivity index (χ3v) is 5.56. The summed E-state index contributed by atoms with van der Waals surface area (Å²) < 4.78 is 11.5. The summed E-state index contributed by atoms with van der Waals surface area (Å²) in [5, 5.41) is 17.5. The normalized spacial score (nSPS) is 16.7. The van der Waals surface area contributed by atoms with Crippen LogP contribution >= 0.6 is 11.3 Å². The zero-order chi connectivity index (χ0) is 20.1. The highest BCUT2D eigenvalue weighted by Crippen LogP contribution is 2.39. The Hall–Kier alpha value is -3.79. The van der Waals surface area contributed by atoms with E-state index < -0.39 is 10.8 Å². The molecule has 3 heterocycles. The van der Waals surface area contributed by atoms with Crippen LogP contribution in [0, 0.1) is 10.1 Å². The lowest BCUT2D eigenvalue weighted by molar-refractivity contribution is -0.385. The van der Waals surface area contributed by atoms with Crippen LogP contribution in [0.1, 0.15) is 12.5 Å². The van der Waals surface area contributed by atoms with E-state index in [-0.39, 0.29) is 23.6 Å². The summed E-state index contributed by atoms with van der Waals surface area (Å²) in [7, 11) is 0. The minimum Gasteiger partial charge on any atom is -0.454 e. The molecule has 0 spiro atoms. The fraction of sp³-hybridized carbons (Fsp3) is 0.105. The molecule has 0 saturated heterocycles. The Bertz CT molecular complexity index is 1230. The van der Waals surface area contributed by atoms with Crippen molar-refractivity contribution in [2.24, 2.45) is 5.10 Å². The molecule has 0 unspecified atom stereocenters. The number of hydrogen-bond donors (Lipinski definition) is 0. The molecule has 29 heavy (non-hydrogen) atoms. The van der Waals surface area contributed by atoms with Gasteiger partial charge in [-0.1, -0.05) is 23.5 Å². The smallest absolute Gasteiger partial charge is 0.282 e. The number of nitrogens with zero attached hydrogens (tertiary/aromatic N) is 4. The first kappa shape index (κ1) is 17.3. The van der Waals surface area contributed by atoms with Crippen molar-refractivity contribution in [1.29, 1.82) is 0 Å². The Morgan fingerprint density at radius 2 is 2.00 bits per heavy atom. The summed E-state index contributed by atoms with van der Waals surface area (Å²) >= 11 is 1.35. The van der Waals surface area contributed by atoms with Crippen LogP contribution in [-0.4, -0.2) is 28.3 Å². The molecule has 1 aromatic heterocycles. The molecular weight excluding hydrogens is 396 g/mol. The highest BCUT2D eigenvalue weighted by molar-refractivity contribution is 7.22. The molecular formula is C19H12N4O5S. The number of ether oxygens (including phenoxy) is 2. The number of carbonyl (C=O) groups is 1. The molecule has 2 aromatic carbocycles. The third kappa shape index (κ3) is 2.81. The second-order valence-electron chi connectivity index (χ2n) is 6.35. The second kappa shape index (κ2) is 6.38. The molecule has 0 atom stereocenters. The van der Waals surface area contributed by atoms with Crippen molar-refractivity contribution < 1.29 is 19.2 Å². The minimum absolute atomic E-state index is 0.00267. The van der Waals surface area contributed by atoms with E-state index in [2.05, 4.69) is 10.1 Å². The lowest BCUT2D eigenvalue weighted by Gasteiger charge is -2.06. The van der Waals surface area contributed by atoms with Crippen molar-refractivity contribution in [3.8, 4) is 11.5 Å². The summed E-state index contributed by atoms with van der Waals surface area (Å²) in [6.07, 6.45) is 1.45. The standard InChI is InChI=1S/C19H12N4O5S/c1-10-12(6-11-7-15-16(28-9-27-15)8-14(11)23(25)26)18(24)22(21-10)19-20-13-4-2-3-5-17(13)29-19/h2-8H,9H2,1H3. The number of benzene rings is 2. The zero-order valence-electron chi connectivity index (χ0n) is 15.0. The Kier molecular flexibility index (Phi) is 3.81. The minimum atomic E-state index is -0.522. The maximum Gasteiger partial charge on any atom is 0.282 e. The fourth-order valence-electron chi connectivity index (χ4n) is 3.14. The molecule has 0 N–H and O–H groups in total. The maximum absolute atomic E-state index is 13.0. The zero-order valence-corrected chi connectivity index (χ0v) is 15.8. The Balaban J connectivity index is 1.56. The molecule has 10 heteroatoms. The van der Waals surface area contributed by atoms with Gasteiger partial charge in [0.1, 0.15) is 0 Å². The first-order valence-electron chi connectivity index (χ1n) is 8.56. The summed E-state index contributed by atoms with van der Waals surface area (Å²) in [4.78, 5) is 28.4. The van der Waals surface area contributed by atoms with Crippen LogP contribution in [0.5, 0.6) is 11.5 Å². The molecule has 2 aliphatic rings. The summed E-state index contributed by atoms with van der Waals surface area (Å²) in [6, 6.07) is 10.3. The molecule has 0 radical (unpaired) electrons. The number of rotatable bonds is 3. The number of aromatic nitrogens is 1. The van der Waals surface area contributed by atoms with Gasteiger partial charge in [-0.3, -0.25) is 14.9 Å². The summed E-state index contributed by atoms with van der Waals surface area (Å²) in [5.41, 5.74) is 1.54. The fourth-order valence-corrected chi connectivity index (χ4v) is 4.06. The third-order valence-electron chi connectivity index (χ3n) is 4.54. The maximum atomic E-state index is 13.0. The SMILES string of the molecule is CC1=NN(c2nc3ccccc3s2)C(=O)C1=Cc1cc2c(cc1[N+](=O)[O-])OCO2. The van der Waals surface area contributed by atoms with Gasteiger partial charge in [-0.25, -0.2) is 4.98 Å². The van der Waals surface area contributed by atoms with E-state index in [0.29, 0.717) is 22.3 Å². The van der Waals surface area contributed by atoms with Gasteiger partial charge in [0.05, 0.1) is 38.1 Å². The Labute approximate surface area is 167 Å². The van der Waals surface area contributed by atoms with Gasteiger partial charge in [0.2, 0.25) is 11.9 Å². The molecule has 0 saturated carbocycles. The van der Waals surface area contributed by atoms with Gasteiger partial charge in [-0.05, 0) is 31.2 Å². The highest BCUT2D eigenvalue weighted by atomic mass is 32.1. The number of thiazole rings is 1. The molecule has 5 rings (SSSR count). The number of anilines is 1. The number of nitro groups is 1. The van der Waals surface area contributed by atoms with Gasteiger partial charge in [0.25, 0.3) is 11.6 Å². The molecule has 9 nitrogen and oxygen atoms in total. The molecule has 2 aliphatic heterocycles. The summed E-state index contributed by atoms with van der Waals surface area (Å²) in [5.74, 6) is 0.303. The van der Waals surface area contributed by atoms with Crippen molar-refractivity contribution in [3.05, 3.63) is 57.6 Å². The number of amides is 1. The van der Waals surface area contributed by atoms with Crippen molar-refractivity contribution in [1.82, 2.24) is 4.98 Å². The Morgan fingerprint density at radius 1 is 1.24 bits per heavy atom. The number of hydrazone groups is 1. The van der Waals surface area contributed by atoms with Crippen LogP contribution in [0.4, 0.5) is 10.8 Å². The molecule has 3 aromatic rings. The van der Waals surface area contributed by atoms with Gasteiger partial charge in [0, 0.05) is 0 Å². The number of para-hydroxylation sites is 1. The molecule has 0 fully saturated rings. The van der Waals surface area contributed by atoms with Gasteiger partial charge in [0.15, 0.2) is 11.5 Å². The number of nitro benzene ring substituents is 1. The topological polar surface area (TPSA) is 107 Å². The quantitative estimate of drug-likeness (QED) is 0.371. The van der Waals surface area contributed by atoms with E-state index in [0.717, 1.165) is 10.2 Å². The lowest BCUT2D eigenvalue weighted by atomic mass is 10.1. The predicted octanol–water partition coefficient (Wildman–Crippen LogP) is 3.74. The molecule has 144 valence electrons. The Morgan fingerprint density at radius 3 is 2.76 bits per heavy atom. The molecule has 0 bridgehead atoms. The van der Waals surface area contributed by atoms with E-state index in [1.165, 1.54) is 34.6 Å². The van der Waals surface area contributed by atoms with Crippen molar-refractivity contribution in [3.63, 3.8) is 0 Å². The van der Waals surface area contributed by atoms with Gasteiger partial charge >= 0.3 is 0 Å². The van der Waals surface area contributed by atoms with E-state index >= 15 is 0 Å². The molecule has 1 amide bonds. The molecule has 0 aliphatic carbocycles. The highest BCUT2D eigenvalue weighted by Gasteiger charge is 2.32. The number of hydrogen-bond acceptors (Lipinski definition) is 8. The van der Waals surface area contributed by atoms with Crippen molar-refractivity contribution in [2.75, 3.05) is 11.8 Å². The lowest BCUT2D eigenvalue weighted by Crippen LogP contribution is -2.21. The monoisotopic (exact) mass is 408 g/mol. The second-order valence-corrected chi connectivity index (χ2v) is 7.36. The first-order chi connectivity index (χ1) is 14.0. The van der Waals surface area contributed by atoms with E-state index in [1.54, 1.807) is 6.92 Å². The van der Waals surface area contributed by atoms with Crippen molar-refractivity contribution >= 4 is 50.1 Å². The van der Waals surface area contributed by atoms with Crippen LogP contribution in [0.25, 0.3) is 16.3 Å². The van der Waals surface area contributed by atoms with E-state index in [1.807, 2.05) is 24.3 Å². The van der Waals surface area contributed by atoms with Crippen molar-refractivity contribution in [2.45, 2.75) is 6.92 Å². The van der Waals surface area contributed by atoms with Gasteiger partial charge in [-0.2, -0.15) is 10.1 Å². The first-order valence-corrected chi connectivity index (χ1v) is 9.38. The number of carbonyl (C=O) groups excluding carboxylic acids is 1. The largest absolute Gasteiger partial charge is 0.454 e. The predicted molar refractivity (Wildman–Crippen MR) is 107 cm³/mol. The van der Waals surface area contributed by atoms with E-state index in [4.69, 9.17) is 9.47 Å². The average molecular weight is 408 g/mol. The van der Waals surface area contributed by atoms with Crippen LogP contribution in [0.3, 0.4) is 0 Å². The van der Waals surface area contributed by atoms with Crippen LogP contribution in [0.15, 0.2) is 47.1 Å². The van der Waals surface area contributed by atoms with Crippen LogP contribution in [-0.2, 0) is 4.79 Å². The van der Waals surface area contributed by atoms with Gasteiger partial charge < -0.3 is 9.47 Å². The number of fused-ring (bicyclic) bond motifs is 2. The van der Waals surface area contributed by atoms with Crippen LogP contribution < -0.4 is 14.5 Å². The van der Waals surface area contributed by atoms with E-state index in [9.17, 15) is 14.9 Å².